The molecule has 1 aromatic heterocycles. The van der Waals surface area contributed by atoms with Crippen LogP contribution in [0.25, 0.3) is 10.2 Å². The molecule has 0 saturated heterocycles. The molecule has 3 rings (SSSR count). The zero-order valence-corrected chi connectivity index (χ0v) is 21.2. The number of carbonyl (C=O) groups is 1. The Morgan fingerprint density at radius 1 is 1.10 bits per heavy atom. The molecule has 0 saturated carbocycles. The highest BCUT2D eigenvalue weighted by atomic mass is 35.5. The summed E-state index contributed by atoms with van der Waals surface area (Å²) in [5, 5.41) is 2.15. The van der Waals surface area contributed by atoms with E-state index in [1.165, 1.54) is 11.3 Å². The van der Waals surface area contributed by atoms with Crippen LogP contribution in [0.3, 0.4) is 0 Å². The second-order valence-corrected chi connectivity index (χ2v) is 9.42. The molecular weight excluding hydrogens is 500 g/mol. The van der Waals surface area contributed by atoms with E-state index in [-0.39, 0.29) is 24.9 Å². The summed E-state index contributed by atoms with van der Waals surface area (Å²) in [5.41, 5.74) is 1.83. The lowest BCUT2D eigenvalue weighted by molar-refractivity contribution is -0.120. The summed E-state index contributed by atoms with van der Waals surface area (Å²) >= 11 is 19.7. The van der Waals surface area contributed by atoms with Crippen molar-refractivity contribution in [1.29, 1.82) is 0 Å². The molecule has 0 N–H and O–H groups in total. The average molecular weight is 523 g/mol. The Morgan fingerprint density at radius 2 is 1.84 bits per heavy atom. The summed E-state index contributed by atoms with van der Waals surface area (Å²) < 4.78 is 6.61. The van der Waals surface area contributed by atoms with Gasteiger partial charge < -0.3 is 9.64 Å². The van der Waals surface area contributed by atoms with E-state index in [2.05, 4.69) is 4.90 Å². The van der Waals surface area contributed by atoms with Crippen molar-refractivity contribution in [2.45, 2.75) is 13.3 Å². The van der Waals surface area contributed by atoms with Gasteiger partial charge in [-0.2, -0.15) is 0 Å². The molecule has 5 nitrogen and oxygen atoms in total. The Hall–Kier alpha value is -1.28. The molecular formula is C21H23Cl4N3O2S. The molecule has 3 aromatic rings. The summed E-state index contributed by atoms with van der Waals surface area (Å²) in [6, 6.07) is 8.64. The van der Waals surface area contributed by atoms with Crippen molar-refractivity contribution in [3.05, 3.63) is 51.0 Å². The number of thiazole rings is 1. The highest BCUT2D eigenvalue weighted by molar-refractivity contribution is 7.22. The van der Waals surface area contributed by atoms with Crippen LogP contribution in [-0.2, 0) is 4.79 Å². The van der Waals surface area contributed by atoms with Crippen LogP contribution in [0.15, 0.2) is 30.3 Å². The summed E-state index contributed by atoms with van der Waals surface area (Å²) in [6.45, 7) is 3.19. The Labute approximate surface area is 207 Å². The number of benzene rings is 2. The van der Waals surface area contributed by atoms with Crippen LogP contribution in [0, 0.1) is 6.92 Å². The molecule has 0 fully saturated rings. The number of halogens is 4. The Morgan fingerprint density at radius 3 is 2.52 bits per heavy atom. The number of hydrogen-bond donors (Lipinski definition) is 0. The van der Waals surface area contributed by atoms with Crippen molar-refractivity contribution in [1.82, 2.24) is 9.88 Å². The first-order valence-corrected chi connectivity index (χ1v) is 11.3. The predicted molar refractivity (Wildman–Crippen MR) is 134 cm³/mol. The Bertz CT molecular complexity index is 1060. The molecule has 31 heavy (non-hydrogen) atoms. The fourth-order valence-corrected chi connectivity index (χ4v) is 4.87. The van der Waals surface area contributed by atoms with Gasteiger partial charge in [-0.3, -0.25) is 9.69 Å². The summed E-state index contributed by atoms with van der Waals surface area (Å²) in [7, 11) is 4.00. The number of fused-ring (bicyclic) bond motifs is 1. The van der Waals surface area contributed by atoms with Crippen LogP contribution < -0.4 is 9.64 Å². The second-order valence-electron chi connectivity index (χ2n) is 7.13. The van der Waals surface area contributed by atoms with Gasteiger partial charge in [-0.25, -0.2) is 4.98 Å². The number of aryl methyl sites for hydroxylation is 1. The summed E-state index contributed by atoms with van der Waals surface area (Å²) in [4.78, 5) is 21.5. The monoisotopic (exact) mass is 521 g/mol. The van der Waals surface area contributed by atoms with Gasteiger partial charge in [-0.05, 0) is 69.9 Å². The maximum atomic E-state index is 13.1. The number of anilines is 1. The molecule has 168 valence electrons. The maximum absolute atomic E-state index is 13.1. The number of aromatic nitrogens is 1. The van der Waals surface area contributed by atoms with E-state index in [9.17, 15) is 4.79 Å². The van der Waals surface area contributed by atoms with E-state index >= 15 is 0 Å². The third-order valence-electron chi connectivity index (χ3n) is 4.40. The molecule has 0 spiro atoms. The van der Waals surface area contributed by atoms with Crippen LogP contribution in [0.5, 0.6) is 5.75 Å². The Kier molecular flexibility index (Phi) is 9.67. The van der Waals surface area contributed by atoms with Gasteiger partial charge in [-0.1, -0.05) is 46.1 Å². The lowest BCUT2D eigenvalue weighted by Gasteiger charge is -2.21. The number of hydrogen-bond acceptors (Lipinski definition) is 5. The number of ether oxygens (including phenoxy) is 1. The molecule has 0 radical (unpaired) electrons. The van der Waals surface area contributed by atoms with Crippen LogP contribution >= 0.6 is 58.5 Å². The van der Waals surface area contributed by atoms with Gasteiger partial charge in [0.25, 0.3) is 5.91 Å². The lowest BCUT2D eigenvalue weighted by atomic mass is 10.2. The van der Waals surface area contributed by atoms with Crippen LogP contribution in [0.4, 0.5) is 5.13 Å². The molecule has 0 bridgehead atoms. The van der Waals surface area contributed by atoms with Crippen molar-refractivity contribution in [3.63, 3.8) is 0 Å². The maximum Gasteiger partial charge on any atom is 0.266 e. The van der Waals surface area contributed by atoms with E-state index in [1.807, 2.05) is 33.2 Å². The smallest absolute Gasteiger partial charge is 0.266 e. The second kappa shape index (κ2) is 11.5. The number of carbonyl (C=O) groups excluding carboxylic acids is 1. The molecule has 1 amide bonds. The largest absolute Gasteiger partial charge is 0.482 e. The third-order valence-corrected chi connectivity index (χ3v) is 6.18. The van der Waals surface area contributed by atoms with Gasteiger partial charge >= 0.3 is 0 Å². The normalized spacial score (nSPS) is 10.9. The number of amides is 1. The van der Waals surface area contributed by atoms with Crippen LogP contribution in [0.2, 0.25) is 15.1 Å². The SMILES string of the molecule is Cc1cc(Cl)cc2sc(N(CCCN(C)C)C(=O)COc3ccc(Cl)cc3Cl)nc12.Cl. The van der Waals surface area contributed by atoms with Gasteiger partial charge in [0.15, 0.2) is 11.7 Å². The topological polar surface area (TPSA) is 45.7 Å². The molecule has 0 unspecified atom stereocenters. The zero-order valence-electron chi connectivity index (χ0n) is 17.3. The first kappa shape index (κ1) is 26.0. The van der Waals surface area contributed by atoms with Gasteiger partial charge in [0, 0.05) is 16.6 Å². The minimum Gasteiger partial charge on any atom is -0.482 e. The third kappa shape index (κ3) is 6.85. The van der Waals surface area contributed by atoms with E-state index in [4.69, 9.17) is 44.5 Å². The minimum absolute atomic E-state index is 0. The van der Waals surface area contributed by atoms with Gasteiger partial charge in [0.05, 0.1) is 15.2 Å². The highest BCUT2D eigenvalue weighted by Gasteiger charge is 2.21. The van der Waals surface area contributed by atoms with Crippen molar-refractivity contribution < 1.29 is 9.53 Å². The number of nitrogens with zero attached hydrogens (tertiary/aromatic N) is 3. The van der Waals surface area contributed by atoms with Crippen molar-refractivity contribution >= 4 is 79.8 Å². The van der Waals surface area contributed by atoms with Crippen molar-refractivity contribution in [3.8, 4) is 5.75 Å². The lowest BCUT2D eigenvalue weighted by Crippen LogP contribution is -2.36. The fourth-order valence-electron chi connectivity index (χ4n) is 2.94. The molecule has 10 heteroatoms. The molecule has 0 aliphatic carbocycles. The van der Waals surface area contributed by atoms with E-state index in [1.54, 1.807) is 23.1 Å². The quantitative estimate of drug-likeness (QED) is 0.345. The molecule has 0 atom stereocenters. The van der Waals surface area contributed by atoms with Gasteiger partial charge in [0.1, 0.15) is 5.75 Å². The minimum atomic E-state index is -0.192. The molecule has 0 aliphatic rings. The van der Waals surface area contributed by atoms with Crippen molar-refractivity contribution in [2.24, 2.45) is 0 Å². The molecule has 2 aromatic carbocycles. The van der Waals surface area contributed by atoms with Crippen molar-refractivity contribution in [2.75, 3.05) is 38.7 Å². The molecule has 0 aliphatic heterocycles. The first-order valence-electron chi connectivity index (χ1n) is 9.34. The fraction of sp³-hybridized carbons (Fsp3) is 0.333. The first-order chi connectivity index (χ1) is 14.2. The summed E-state index contributed by atoms with van der Waals surface area (Å²) in [5.74, 6) is 0.220. The van der Waals surface area contributed by atoms with E-state index in [0.717, 1.165) is 28.7 Å². The standard InChI is InChI=1S/C21H22Cl3N3O2S.ClH/c1-13-9-15(23)11-18-20(13)25-21(30-18)27(8-4-7-26(2)3)19(28)12-29-17-6-5-14(22)10-16(17)24;/h5-6,9-11H,4,7-8,12H2,1-3H3;1H. The number of rotatable bonds is 8. The average Bonchev–Trinajstić information content (AvgIpc) is 3.08. The van der Waals surface area contributed by atoms with E-state index in [0.29, 0.717) is 32.5 Å². The van der Waals surface area contributed by atoms with Gasteiger partial charge in [0.2, 0.25) is 0 Å². The molecule has 1 heterocycles. The Balaban J connectivity index is 0.00000341. The highest BCUT2D eigenvalue weighted by Crippen LogP contribution is 2.33. The zero-order chi connectivity index (χ0) is 21.8. The van der Waals surface area contributed by atoms with Gasteiger partial charge in [-0.15, -0.1) is 12.4 Å². The summed E-state index contributed by atoms with van der Waals surface area (Å²) in [6.07, 6.45) is 0.802. The van der Waals surface area contributed by atoms with Crippen LogP contribution in [-0.4, -0.2) is 49.6 Å². The van der Waals surface area contributed by atoms with Crippen LogP contribution in [0.1, 0.15) is 12.0 Å². The predicted octanol–water partition coefficient (Wildman–Crippen LogP) is 6.35. The van der Waals surface area contributed by atoms with E-state index < -0.39 is 0 Å².